The van der Waals surface area contributed by atoms with E-state index in [2.05, 4.69) is 9.97 Å². The summed E-state index contributed by atoms with van der Waals surface area (Å²) in [6.45, 7) is 2.43. The smallest absolute Gasteiger partial charge is 0.345 e. The van der Waals surface area contributed by atoms with Crippen LogP contribution in [0.1, 0.15) is 30.0 Å². The lowest BCUT2D eigenvalue weighted by Gasteiger charge is -2.13. The standard InChI is InChI=1S/C15H14F2N2O3/c1-3-21-13(20)11-9-18-14(15(2,16)17)19-12(11)22-10-7-5-4-6-8-10/h4-9H,3H2,1-2H3. The number of para-hydroxylation sites is 1. The molecule has 1 aromatic heterocycles. The Morgan fingerprint density at radius 3 is 2.55 bits per heavy atom. The van der Waals surface area contributed by atoms with Gasteiger partial charge in [0.25, 0.3) is 0 Å². The number of carbonyl (C=O) groups is 1. The van der Waals surface area contributed by atoms with Crippen LogP contribution in [0, 0.1) is 0 Å². The van der Waals surface area contributed by atoms with E-state index in [1.165, 1.54) is 0 Å². The number of benzene rings is 1. The van der Waals surface area contributed by atoms with Gasteiger partial charge in [0, 0.05) is 13.1 Å². The Kier molecular flexibility index (Phi) is 4.65. The molecule has 0 fully saturated rings. The largest absolute Gasteiger partial charge is 0.462 e. The number of alkyl halides is 2. The van der Waals surface area contributed by atoms with Gasteiger partial charge in [-0.05, 0) is 19.1 Å². The predicted octanol–water partition coefficient (Wildman–Crippen LogP) is 3.56. The van der Waals surface area contributed by atoms with Gasteiger partial charge in [0.15, 0.2) is 0 Å². The summed E-state index contributed by atoms with van der Waals surface area (Å²) in [7, 11) is 0. The minimum atomic E-state index is -3.25. The molecule has 7 heteroatoms. The fraction of sp³-hybridized carbons (Fsp3) is 0.267. The molecule has 0 saturated heterocycles. The van der Waals surface area contributed by atoms with E-state index in [1.807, 2.05) is 0 Å². The van der Waals surface area contributed by atoms with Gasteiger partial charge >= 0.3 is 11.9 Å². The number of ether oxygens (including phenoxy) is 2. The molecule has 0 aliphatic heterocycles. The first-order valence-corrected chi connectivity index (χ1v) is 6.57. The molecule has 2 rings (SSSR count). The summed E-state index contributed by atoms with van der Waals surface area (Å²) in [6.07, 6.45) is 0.982. The molecule has 0 aliphatic carbocycles. The molecule has 0 unspecified atom stereocenters. The van der Waals surface area contributed by atoms with Crippen molar-refractivity contribution in [2.45, 2.75) is 19.8 Å². The molecular weight excluding hydrogens is 294 g/mol. The maximum absolute atomic E-state index is 13.4. The molecule has 116 valence electrons. The molecule has 1 aromatic carbocycles. The van der Waals surface area contributed by atoms with E-state index < -0.39 is 17.7 Å². The number of nitrogens with zero attached hydrogens (tertiary/aromatic N) is 2. The van der Waals surface area contributed by atoms with Crippen molar-refractivity contribution in [1.29, 1.82) is 0 Å². The van der Waals surface area contributed by atoms with Crippen LogP contribution in [0.5, 0.6) is 11.6 Å². The molecule has 22 heavy (non-hydrogen) atoms. The molecule has 0 radical (unpaired) electrons. The van der Waals surface area contributed by atoms with Gasteiger partial charge in [0.2, 0.25) is 11.7 Å². The van der Waals surface area contributed by atoms with E-state index in [1.54, 1.807) is 37.3 Å². The third-order valence-electron chi connectivity index (χ3n) is 2.60. The quantitative estimate of drug-likeness (QED) is 0.790. The maximum atomic E-state index is 13.4. The first kappa shape index (κ1) is 15.8. The van der Waals surface area contributed by atoms with Gasteiger partial charge in [-0.1, -0.05) is 18.2 Å². The van der Waals surface area contributed by atoms with Crippen molar-refractivity contribution in [2.75, 3.05) is 6.61 Å². The predicted molar refractivity (Wildman–Crippen MR) is 74.1 cm³/mol. The zero-order chi connectivity index (χ0) is 16.2. The number of rotatable bonds is 5. The van der Waals surface area contributed by atoms with E-state index in [9.17, 15) is 13.6 Å². The van der Waals surface area contributed by atoms with Crippen LogP contribution < -0.4 is 4.74 Å². The van der Waals surface area contributed by atoms with Gasteiger partial charge in [-0.3, -0.25) is 0 Å². The summed E-state index contributed by atoms with van der Waals surface area (Å²) in [6, 6.07) is 8.40. The summed E-state index contributed by atoms with van der Waals surface area (Å²) < 4.78 is 37.0. The lowest BCUT2D eigenvalue weighted by atomic mass is 10.3. The monoisotopic (exact) mass is 308 g/mol. The molecule has 2 aromatic rings. The van der Waals surface area contributed by atoms with Crippen LogP contribution in [0.2, 0.25) is 0 Å². The summed E-state index contributed by atoms with van der Waals surface area (Å²) >= 11 is 0. The molecule has 0 atom stereocenters. The molecule has 0 saturated carbocycles. The minimum absolute atomic E-state index is 0.112. The van der Waals surface area contributed by atoms with E-state index >= 15 is 0 Å². The number of carbonyl (C=O) groups excluding carboxylic acids is 1. The Morgan fingerprint density at radius 1 is 1.27 bits per heavy atom. The van der Waals surface area contributed by atoms with Crippen molar-refractivity contribution < 1.29 is 23.0 Å². The highest BCUT2D eigenvalue weighted by Crippen LogP contribution is 2.29. The van der Waals surface area contributed by atoms with Gasteiger partial charge < -0.3 is 9.47 Å². The highest BCUT2D eigenvalue weighted by molar-refractivity contribution is 5.91. The van der Waals surface area contributed by atoms with Crippen LogP contribution >= 0.6 is 0 Å². The fourth-order valence-corrected chi connectivity index (χ4v) is 1.60. The van der Waals surface area contributed by atoms with Crippen molar-refractivity contribution in [1.82, 2.24) is 9.97 Å². The first-order chi connectivity index (χ1) is 10.4. The summed E-state index contributed by atoms with van der Waals surface area (Å²) in [5.74, 6) is -4.62. The molecule has 1 heterocycles. The van der Waals surface area contributed by atoms with Gasteiger partial charge in [-0.25, -0.2) is 9.78 Å². The Bertz CT molecular complexity index is 658. The second kappa shape index (κ2) is 6.46. The third-order valence-corrected chi connectivity index (χ3v) is 2.60. The number of aromatic nitrogens is 2. The van der Waals surface area contributed by atoms with Gasteiger partial charge in [-0.15, -0.1) is 0 Å². The second-order valence-corrected chi connectivity index (χ2v) is 4.44. The number of halogens is 2. The number of hydrogen-bond donors (Lipinski definition) is 0. The Labute approximate surface area is 125 Å². The molecule has 0 amide bonds. The third kappa shape index (κ3) is 3.75. The zero-order valence-electron chi connectivity index (χ0n) is 12.0. The van der Waals surface area contributed by atoms with Crippen LogP contribution in [-0.2, 0) is 10.7 Å². The zero-order valence-corrected chi connectivity index (χ0v) is 12.0. The highest BCUT2D eigenvalue weighted by atomic mass is 19.3. The van der Waals surface area contributed by atoms with Gasteiger partial charge in [-0.2, -0.15) is 13.8 Å². The van der Waals surface area contributed by atoms with Crippen LogP contribution in [0.4, 0.5) is 8.78 Å². The van der Waals surface area contributed by atoms with Crippen LogP contribution in [0.3, 0.4) is 0 Å². The topological polar surface area (TPSA) is 61.3 Å². The van der Waals surface area contributed by atoms with E-state index in [0.717, 1.165) is 6.20 Å². The van der Waals surface area contributed by atoms with E-state index in [0.29, 0.717) is 12.7 Å². The molecule has 5 nitrogen and oxygen atoms in total. The first-order valence-electron chi connectivity index (χ1n) is 6.57. The van der Waals surface area contributed by atoms with Crippen LogP contribution in [0.15, 0.2) is 36.5 Å². The summed E-state index contributed by atoms with van der Waals surface area (Å²) in [5, 5.41) is 0. The summed E-state index contributed by atoms with van der Waals surface area (Å²) in [5.41, 5.74) is -0.112. The minimum Gasteiger partial charge on any atom is -0.462 e. The summed E-state index contributed by atoms with van der Waals surface area (Å²) in [4.78, 5) is 19.0. The van der Waals surface area contributed by atoms with E-state index in [-0.39, 0.29) is 18.1 Å². The molecular formula is C15H14F2N2O3. The Hall–Kier alpha value is -2.57. The van der Waals surface area contributed by atoms with Crippen molar-refractivity contribution in [3.8, 4) is 11.6 Å². The SMILES string of the molecule is CCOC(=O)c1cnc(C(C)(F)F)nc1Oc1ccccc1. The average Bonchev–Trinajstić information content (AvgIpc) is 2.47. The Balaban J connectivity index is 2.43. The van der Waals surface area contributed by atoms with Crippen molar-refractivity contribution in [3.05, 3.63) is 47.9 Å². The van der Waals surface area contributed by atoms with Crippen molar-refractivity contribution in [2.24, 2.45) is 0 Å². The normalized spacial score (nSPS) is 11.1. The molecule has 0 N–H and O–H groups in total. The van der Waals surface area contributed by atoms with Gasteiger partial charge in [0.1, 0.15) is 11.3 Å². The Morgan fingerprint density at radius 2 is 1.95 bits per heavy atom. The van der Waals surface area contributed by atoms with Gasteiger partial charge in [0.05, 0.1) is 6.61 Å². The fourth-order valence-electron chi connectivity index (χ4n) is 1.60. The lowest BCUT2D eigenvalue weighted by molar-refractivity contribution is 0.00691. The maximum Gasteiger partial charge on any atom is 0.345 e. The van der Waals surface area contributed by atoms with Crippen LogP contribution in [0.25, 0.3) is 0 Å². The molecule has 0 bridgehead atoms. The van der Waals surface area contributed by atoms with Crippen molar-refractivity contribution in [3.63, 3.8) is 0 Å². The van der Waals surface area contributed by atoms with Crippen LogP contribution in [-0.4, -0.2) is 22.5 Å². The number of hydrogen-bond acceptors (Lipinski definition) is 5. The lowest BCUT2D eigenvalue weighted by Crippen LogP contribution is -2.16. The average molecular weight is 308 g/mol. The van der Waals surface area contributed by atoms with Crippen molar-refractivity contribution >= 4 is 5.97 Å². The molecule has 0 aliphatic rings. The van der Waals surface area contributed by atoms with E-state index in [4.69, 9.17) is 9.47 Å². The number of esters is 1. The highest BCUT2D eigenvalue weighted by Gasteiger charge is 2.30. The molecule has 0 spiro atoms. The second-order valence-electron chi connectivity index (χ2n) is 4.44.